The maximum atomic E-state index is 12.9. The molecule has 0 bridgehead atoms. The quantitative estimate of drug-likeness (QED) is 0.925. The molecule has 0 unspecified atom stereocenters. The van der Waals surface area contributed by atoms with E-state index in [2.05, 4.69) is 10.2 Å². The molecule has 26 heavy (non-hydrogen) atoms. The number of nitrogens with one attached hydrogen (secondary N) is 1. The number of amides is 2. The molecule has 2 heterocycles. The Morgan fingerprint density at radius 3 is 2.46 bits per heavy atom. The molecule has 0 spiro atoms. The fraction of sp³-hybridized carbons (Fsp3) is 0.333. The van der Waals surface area contributed by atoms with Crippen LogP contribution in [0.25, 0.3) is 0 Å². The lowest BCUT2D eigenvalue weighted by molar-refractivity contribution is -0.115. The van der Waals surface area contributed by atoms with Gasteiger partial charge >= 0.3 is 0 Å². The van der Waals surface area contributed by atoms with Gasteiger partial charge in [-0.1, -0.05) is 30.7 Å². The van der Waals surface area contributed by atoms with Crippen LogP contribution in [0.5, 0.6) is 0 Å². The summed E-state index contributed by atoms with van der Waals surface area (Å²) in [6.45, 7) is 3.29. The maximum Gasteiger partial charge on any atom is 0.258 e. The molecule has 5 nitrogen and oxygen atoms in total. The number of fused-ring (bicyclic) bond motifs is 1. The highest BCUT2D eigenvalue weighted by Crippen LogP contribution is 2.30. The van der Waals surface area contributed by atoms with E-state index in [0.717, 1.165) is 25.3 Å². The summed E-state index contributed by atoms with van der Waals surface area (Å²) in [5, 5.41) is 2.81. The van der Waals surface area contributed by atoms with Gasteiger partial charge in [0.15, 0.2) is 0 Å². The second kappa shape index (κ2) is 7.30. The van der Waals surface area contributed by atoms with E-state index in [1.807, 2.05) is 48.5 Å². The molecule has 0 saturated carbocycles. The van der Waals surface area contributed by atoms with E-state index in [1.54, 1.807) is 4.90 Å². The largest absolute Gasteiger partial charge is 0.323 e. The van der Waals surface area contributed by atoms with Crippen molar-refractivity contribution in [2.45, 2.75) is 25.8 Å². The zero-order valence-corrected chi connectivity index (χ0v) is 14.8. The van der Waals surface area contributed by atoms with Gasteiger partial charge in [0.1, 0.15) is 6.54 Å². The number of carbonyl (C=O) groups is 2. The normalized spacial score (nSPS) is 17.5. The Bertz CT molecular complexity index is 810. The molecule has 4 rings (SSSR count). The third-order valence-electron chi connectivity index (χ3n) is 5.07. The number of hydrogen-bond donors (Lipinski definition) is 1. The summed E-state index contributed by atoms with van der Waals surface area (Å²) in [7, 11) is 0. The summed E-state index contributed by atoms with van der Waals surface area (Å²) in [5.74, 6) is -0.310. The van der Waals surface area contributed by atoms with Crippen molar-refractivity contribution in [3.05, 3.63) is 59.7 Å². The lowest BCUT2D eigenvalue weighted by Gasteiger charge is -2.29. The van der Waals surface area contributed by atoms with Crippen LogP contribution >= 0.6 is 0 Å². The van der Waals surface area contributed by atoms with Crippen LogP contribution in [-0.4, -0.2) is 36.3 Å². The number of piperidine rings is 1. The third kappa shape index (κ3) is 3.48. The van der Waals surface area contributed by atoms with Crippen LogP contribution in [0, 0.1) is 0 Å². The maximum absolute atomic E-state index is 12.9. The van der Waals surface area contributed by atoms with E-state index in [1.165, 1.54) is 24.8 Å². The van der Waals surface area contributed by atoms with E-state index in [4.69, 9.17) is 0 Å². The highest BCUT2D eigenvalue weighted by Gasteiger charge is 2.27. The molecular formula is C21H23N3O2. The Balaban J connectivity index is 1.50. The average Bonchev–Trinajstić information content (AvgIpc) is 2.68. The molecule has 0 aromatic heterocycles. The molecule has 1 fully saturated rings. The molecule has 1 saturated heterocycles. The summed E-state index contributed by atoms with van der Waals surface area (Å²) < 4.78 is 0. The lowest BCUT2D eigenvalue weighted by Crippen LogP contribution is -2.42. The topological polar surface area (TPSA) is 52.7 Å². The van der Waals surface area contributed by atoms with Crippen molar-refractivity contribution < 1.29 is 9.59 Å². The van der Waals surface area contributed by atoms with Gasteiger partial charge in [0.2, 0.25) is 5.91 Å². The predicted octanol–water partition coefficient (Wildman–Crippen LogP) is 3.27. The van der Waals surface area contributed by atoms with Gasteiger partial charge in [-0.2, -0.15) is 0 Å². The zero-order chi connectivity index (χ0) is 17.9. The minimum absolute atomic E-state index is 0.0470. The Hall–Kier alpha value is -2.66. The van der Waals surface area contributed by atoms with Crippen LogP contribution in [-0.2, 0) is 11.3 Å². The van der Waals surface area contributed by atoms with Gasteiger partial charge in [-0.3, -0.25) is 19.4 Å². The first-order valence-electron chi connectivity index (χ1n) is 9.23. The first kappa shape index (κ1) is 16.8. The van der Waals surface area contributed by atoms with Gasteiger partial charge in [-0.15, -0.1) is 0 Å². The van der Waals surface area contributed by atoms with Crippen molar-refractivity contribution in [3.8, 4) is 0 Å². The number of rotatable bonds is 3. The highest BCUT2D eigenvalue weighted by atomic mass is 16.2. The number of benzene rings is 2. The van der Waals surface area contributed by atoms with E-state index in [0.29, 0.717) is 11.3 Å². The van der Waals surface area contributed by atoms with Gasteiger partial charge < -0.3 is 5.32 Å². The van der Waals surface area contributed by atoms with Gasteiger partial charge in [-0.05, 0) is 55.8 Å². The molecule has 0 aliphatic carbocycles. The number of carbonyl (C=O) groups excluding carboxylic acids is 2. The minimum Gasteiger partial charge on any atom is -0.323 e. The van der Waals surface area contributed by atoms with Crippen LogP contribution in [0.2, 0.25) is 0 Å². The fourth-order valence-corrected chi connectivity index (χ4v) is 3.70. The van der Waals surface area contributed by atoms with Crippen LogP contribution in [0.3, 0.4) is 0 Å². The summed E-state index contributed by atoms with van der Waals surface area (Å²) >= 11 is 0. The van der Waals surface area contributed by atoms with Gasteiger partial charge in [0.25, 0.3) is 5.91 Å². The average molecular weight is 349 g/mol. The number of para-hydroxylation sites is 2. The summed E-state index contributed by atoms with van der Waals surface area (Å²) in [5.41, 5.74) is 3.26. The Morgan fingerprint density at radius 2 is 1.69 bits per heavy atom. The van der Waals surface area contributed by atoms with Gasteiger partial charge in [0, 0.05) is 12.1 Å². The minimum atomic E-state index is -0.168. The second-order valence-corrected chi connectivity index (χ2v) is 6.99. The number of hydrogen-bond acceptors (Lipinski definition) is 3. The van der Waals surface area contributed by atoms with Crippen LogP contribution in [0.15, 0.2) is 48.5 Å². The zero-order valence-electron chi connectivity index (χ0n) is 14.8. The van der Waals surface area contributed by atoms with Gasteiger partial charge in [0.05, 0.1) is 11.4 Å². The van der Waals surface area contributed by atoms with Crippen molar-refractivity contribution in [2.75, 3.05) is 29.9 Å². The fourth-order valence-electron chi connectivity index (χ4n) is 3.70. The van der Waals surface area contributed by atoms with Crippen molar-refractivity contribution in [1.29, 1.82) is 0 Å². The summed E-state index contributed by atoms with van der Waals surface area (Å²) in [6, 6.07) is 15.2. The number of nitrogens with zero attached hydrogens (tertiary/aromatic N) is 2. The van der Waals surface area contributed by atoms with Crippen LogP contribution < -0.4 is 10.2 Å². The van der Waals surface area contributed by atoms with Crippen LogP contribution in [0.1, 0.15) is 35.2 Å². The van der Waals surface area contributed by atoms with E-state index >= 15 is 0 Å². The predicted molar refractivity (Wildman–Crippen MR) is 102 cm³/mol. The molecule has 2 aliphatic rings. The van der Waals surface area contributed by atoms with Gasteiger partial charge in [-0.25, -0.2) is 0 Å². The molecule has 2 aliphatic heterocycles. The summed E-state index contributed by atoms with van der Waals surface area (Å²) in [4.78, 5) is 28.9. The smallest absolute Gasteiger partial charge is 0.258 e. The molecule has 2 aromatic carbocycles. The monoisotopic (exact) mass is 349 g/mol. The highest BCUT2D eigenvalue weighted by molar-refractivity contribution is 6.15. The molecule has 134 valence electrons. The van der Waals surface area contributed by atoms with E-state index in [-0.39, 0.29) is 18.4 Å². The second-order valence-electron chi connectivity index (χ2n) is 6.99. The van der Waals surface area contributed by atoms with E-state index < -0.39 is 0 Å². The lowest BCUT2D eigenvalue weighted by atomic mass is 10.1. The van der Waals surface area contributed by atoms with E-state index in [9.17, 15) is 9.59 Å². The molecule has 5 heteroatoms. The first-order chi connectivity index (χ1) is 12.7. The van der Waals surface area contributed by atoms with Crippen molar-refractivity contribution in [3.63, 3.8) is 0 Å². The SMILES string of the molecule is O=C1CN(C(=O)c2ccc(CN3CCCCC3)cc2)c2ccccc2N1. The molecule has 2 aromatic rings. The molecular weight excluding hydrogens is 326 g/mol. The molecule has 0 atom stereocenters. The van der Waals surface area contributed by atoms with Crippen molar-refractivity contribution >= 4 is 23.2 Å². The Kier molecular flexibility index (Phi) is 4.71. The third-order valence-corrected chi connectivity index (χ3v) is 5.07. The Morgan fingerprint density at radius 1 is 0.962 bits per heavy atom. The molecule has 2 amide bonds. The summed E-state index contributed by atoms with van der Waals surface area (Å²) in [6.07, 6.45) is 3.87. The standard InChI is InChI=1S/C21H23N3O2/c25-20-15-24(19-7-3-2-6-18(19)22-20)21(26)17-10-8-16(9-11-17)14-23-12-4-1-5-13-23/h2-3,6-11H,1,4-5,12-15H2,(H,22,25). The van der Waals surface area contributed by atoms with Crippen molar-refractivity contribution in [2.24, 2.45) is 0 Å². The molecule has 0 radical (unpaired) electrons. The number of anilines is 2. The Labute approximate surface area is 153 Å². The first-order valence-corrected chi connectivity index (χ1v) is 9.23. The molecule has 1 N–H and O–H groups in total. The van der Waals surface area contributed by atoms with Crippen LogP contribution in [0.4, 0.5) is 11.4 Å². The number of likely N-dealkylation sites (tertiary alicyclic amines) is 1. The van der Waals surface area contributed by atoms with Crippen molar-refractivity contribution in [1.82, 2.24) is 4.90 Å².